The first-order valence-corrected chi connectivity index (χ1v) is 11.1. The SMILES string of the molecule is Cc1ccc(CN(CCc2ccccc2)C(=O)C2CC(=O)N(Cc3ccco3)C2)s1. The van der Waals surface area contributed by atoms with Crippen molar-refractivity contribution < 1.29 is 14.0 Å². The van der Waals surface area contributed by atoms with E-state index in [4.69, 9.17) is 4.42 Å². The van der Waals surface area contributed by atoms with Gasteiger partial charge in [-0.3, -0.25) is 9.59 Å². The van der Waals surface area contributed by atoms with Gasteiger partial charge >= 0.3 is 0 Å². The van der Waals surface area contributed by atoms with E-state index in [1.54, 1.807) is 22.5 Å². The van der Waals surface area contributed by atoms with Crippen molar-refractivity contribution in [1.29, 1.82) is 0 Å². The van der Waals surface area contributed by atoms with Gasteiger partial charge in [-0.05, 0) is 43.2 Å². The second-order valence-electron chi connectivity index (χ2n) is 7.76. The lowest BCUT2D eigenvalue weighted by molar-refractivity contribution is -0.136. The van der Waals surface area contributed by atoms with Crippen LogP contribution in [0.2, 0.25) is 0 Å². The highest BCUT2D eigenvalue weighted by Crippen LogP contribution is 2.25. The standard InChI is InChI=1S/C24H26N2O3S/c1-18-9-10-22(30-18)17-25(12-11-19-6-3-2-4-7-19)24(28)20-14-23(27)26(15-20)16-21-8-5-13-29-21/h2-10,13,20H,11-12,14-17H2,1H3. The predicted molar refractivity (Wildman–Crippen MR) is 117 cm³/mol. The normalized spacial score (nSPS) is 16.2. The molecule has 30 heavy (non-hydrogen) atoms. The first-order chi connectivity index (χ1) is 14.6. The average molecular weight is 423 g/mol. The van der Waals surface area contributed by atoms with E-state index in [0.717, 1.165) is 12.2 Å². The summed E-state index contributed by atoms with van der Waals surface area (Å²) >= 11 is 1.72. The molecular formula is C24H26N2O3S. The van der Waals surface area contributed by atoms with Crippen LogP contribution in [-0.2, 0) is 29.1 Å². The third-order valence-corrected chi connectivity index (χ3v) is 6.44. The molecule has 0 bridgehead atoms. The Morgan fingerprint density at radius 3 is 2.70 bits per heavy atom. The second kappa shape index (κ2) is 9.30. The smallest absolute Gasteiger partial charge is 0.228 e. The molecule has 1 aliphatic rings. The zero-order valence-electron chi connectivity index (χ0n) is 17.1. The third-order valence-electron chi connectivity index (χ3n) is 5.46. The second-order valence-corrected chi connectivity index (χ2v) is 9.13. The number of hydrogen-bond acceptors (Lipinski definition) is 4. The third kappa shape index (κ3) is 5.00. The molecule has 3 aromatic rings. The van der Waals surface area contributed by atoms with Crippen molar-refractivity contribution in [2.24, 2.45) is 5.92 Å². The molecule has 2 aromatic heterocycles. The zero-order valence-corrected chi connectivity index (χ0v) is 17.9. The highest BCUT2D eigenvalue weighted by Gasteiger charge is 2.36. The molecule has 156 valence electrons. The van der Waals surface area contributed by atoms with Crippen molar-refractivity contribution in [3.63, 3.8) is 0 Å². The van der Waals surface area contributed by atoms with E-state index in [1.807, 2.05) is 35.2 Å². The predicted octanol–water partition coefficient (Wildman–Crippen LogP) is 4.27. The molecule has 0 saturated carbocycles. The Morgan fingerprint density at radius 2 is 2.00 bits per heavy atom. The molecule has 6 heteroatoms. The number of rotatable bonds is 8. The first-order valence-electron chi connectivity index (χ1n) is 10.3. The maximum atomic E-state index is 13.4. The summed E-state index contributed by atoms with van der Waals surface area (Å²) in [7, 11) is 0. The highest BCUT2D eigenvalue weighted by atomic mass is 32.1. The number of aryl methyl sites for hydroxylation is 1. The number of furan rings is 1. The number of hydrogen-bond donors (Lipinski definition) is 0. The number of carbonyl (C=O) groups is 2. The van der Waals surface area contributed by atoms with Gasteiger partial charge in [-0.25, -0.2) is 0 Å². The molecule has 1 aliphatic heterocycles. The minimum atomic E-state index is -0.302. The number of amides is 2. The molecule has 1 aromatic carbocycles. The Balaban J connectivity index is 1.44. The Kier molecular flexibility index (Phi) is 6.33. The molecule has 5 nitrogen and oxygen atoms in total. The van der Waals surface area contributed by atoms with Gasteiger partial charge in [-0.2, -0.15) is 0 Å². The molecule has 1 fully saturated rings. The van der Waals surface area contributed by atoms with Crippen molar-refractivity contribution >= 4 is 23.2 Å². The Morgan fingerprint density at radius 1 is 1.17 bits per heavy atom. The molecule has 0 N–H and O–H groups in total. The van der Waals surface area contributed by atoms with Crippen LogP contribution in [0, 0.1) is 12.8 Å². The minimum Gasteiger partial charge on any atom is -0.467 e. The van der Waals surface area contributed by atoms with Crippen LogP contribution < -0.4 is 0 Å². The quantitative estimate of drug-likeness (QED) is 0.545. The summed E-state index contributed by atoms with van der Waals surface area (Å²) in [6.45, 7) is 4.18. The summed E-state index contributed by atoms with van der Waals surface area (Å²) in [5.74, 6) is 0.516. The molecule has 0 aliphatic carbocycles. The van der Waals surface area contributed by atoms with E-state index < -0.39 is 0 Å². The number of thiophene rings is 1. The van der Waals surface area contributed by atoms with Crippen molar-refractivity contribution in [2.75, 3.05) is 13.1 Å². The van der Waals surface area contributed by atoms with E-state index in [-0.39, 0.29) is 24.2 Å². The zero-order chi connectivity index (χ0) is 20.9. The van der Waals surface area contributed by atoms with Gasteiger partial charge in [0.2, 0.25) is 11.8 Å². The highest BCUT2D eigenvalue weighted by molar-refractivity contribution is 7.11. The largest absolute Gasteiger partial charge is 0.467 e. The molecule has 0 spiro atoms. The fourth-order valence-electron chi connectivity index (χ4n) is 3.87. The Labute approximate surface area is 180 Å². The van der Waals surface area contributed by atoms with Gasteiger partial charge in [0.05, 0.1) is 25.3 Å². The van der Waals surface area contributed by atoms with Crippen molar-refractivity contribution in [1.82, 2.24) is 9.80 Å². The topological polar surface area (TPSA) is 53.8 Å². The van der Waals surface area contributed by atoms with Crippen LogP contribution in [0.3, 0.4) is 0 Å². The number of likely N-dealkylation sites (tertiary alicyclic amines) is 1. The van der Waals surface area contributed by atoms with Gasteiger partial charge in [0, 0.05) is 29.3 Å². The first kappa shape index (κ1) is 20.4. The lowest BCUT2D eigenvalue weighted by Gasteiger charge is -2.25. The molecule has 0 radical (unpaired) electrons. The Bertz CT molecular complexity index is 981. The van der Waals surface area contributed by atoms with Crippen LogP contribution >= 0.6 is 11.3 Å². The van der Waals surface area contributed by atoms with Crippen LogP contribution in [0.4, 0.5) is 0 Å². The van der Waals surface area contributed by atoms with Gasteiger partial charge in [0.25, 0.3) is 0 Å². The summed E-state index contributed by atoms with van der Waals surface area (Å²) < 4.78 is 5.37. The number of nitrogens with zero attached hydrogens (tertiary/aromatic N) is 2. The minimum absolute atomic E-state index is 0.0136. The van der Waals surface area contributed by atoms with Gasteiger partial charge in [0.15, 0.2) is 0 Å². The fourth-order valence-corrected chi connectivity index (χ4v) is 4.78. The number of benzene rings is 1. The summed E-state index contributed by atoms with van der Waals surface area (Å²) in [5, 5.41) is 0. The van der Waals surface area contributed by atoms with E-state index in [9.17, 15) is 9.59 Å². The lowest BCUT2D eigenvalue weighted by Crippen LogP contribution is -2.38. The maximum absolute atomic E-state index is 13.4. The van der Waals surface area contributed by atoms with E-state index in [1.165, 1.54) is 15.3 Å². The average Bonchev–Trinajstić information content (AvgIpc) is 3.49. The molecule has 1 unspecified atom stereocenters. The lowest BCUT2D eigenvalue weighted by atomic mass is 10.1. The van der Waals surface area contributed by atoms with Crippen molar-refractivity contribution in [3.05, 3.63) is 81.9 Å². The Hall–Kier alpha value is -2.86. The molecular weight excluding hydrogens is 396 g/mol. The maximum Gasteiger partial charge on any atom is 0.228 e. The summed E-state index contributed by atoms with van der Waals surface area (Å²) in [6.07, 6.45) is 2.67. The van der Waals surface area contributed by atoms with Crippen LogP contribution in [0.1, 0.15) is 27.5 Å². The van der Waals surface area contributed by atoms with Crippen LogP contribution in [0.5, 0.6) is 0 Å². The summed E-state index contributed by atoms with van der Waals surface area (Å²) in [5.41, 5.74) is 1.21. The summed E-state index contributed by atoms with van der Waals surface area (Å²) in [4.78, 5) is 32.0. The fraction of sp³-hybridized carbons (Fsp3) is 0.333. The van der Waals surface area contributed by atoms with E-state index in [2.05, 4.69) is 31.2 Å². The van der Waals surface area contributed by atoms with E-state index >= 15 is 0 Å². The van der Waals surface area contributed by atoms with E-state index in [0.29, 0.717) is 26.2 Å². The van der Waals surface area contributed by atoms with Gasteiger partial charge < -0.3 is 14.2 Å². The monoisotopic (exact) mass is 422 g/mol. The van der Waals surface area contributed by atoms with Gasteiger partial charge in [-0.1, -0.05) is 30.3 Å². The summed E-state index contributed by atoms with van der Waals surface area (Å²) in [6, 6.07) is 18.1. The molecule has 1 saturated heterocycles. The van der Waals surface area contributed by atoms with Gasteiger partial charge in [0.1, 0.15) is 5.76 Å². The van der Waals surface area contributed by atoms with Crippen molar-refractivity contribution in [2.45, 2.75) is 32.9 Å². The van der Waals surface area contributed by atoms with Gasteiger partial charge in [-0.15, -0.1) is 11.3 Å². The van der Waals surface area contributed by atoms with Crippen LogP contribution in [0.25, 0.3) is 0 Å². The molecule has 1 atom stereocenters. The van der Waals surface area contributed by atoms with Crippen molar-refractivity contribution in [3.8, 4) is 0 Å². The van der Waals surface area contributed by atoms with Crippen LogP contribution in [0.15, 0.2) is 65.3 Å². The van der Waals surface area contributed by atoms with Crippen LogP contribution in [-0.4, -0.2) is 34.7 Å². The molecule has 2 amide bonds. The molecule has 4 rings (SSSR count). The number of carbonyl (C=O) groups excluding carboxylic acids is 2. The molecule has 3 heterocycles.